The average molecular weight is 761 g/mol. The Morgan fingerprint density at radius 1 is 0.389 bits per heavy atom. The van der Waals surface area contributed by atoms with E-state index in [1.165, 1.54) is 57.8 Å². The van der Waals surface area contributed by atoms with Crippen molar-refractivity contribution in [3.8, 4) is 0 Å². The van der Waals surface area contributed by atoms with Gasteiger partial charge in [-0.15, -0.1) is 0 Å². The van der Waals surface area contributed by atoms with Gasteiger partial charge >= 0.3 is 0 Å². The summed E-state index contributed by atoms with van der Waals surface area (Å²) in [4.78, 5) is 2.55. The van der Waals surface area contributed by atoms with E-state index in [-0.39, 0.29) is 0 Å². The fraction of sp³-hybridized carbons (Fsp3) is 1.00. The standard InChI is InChI=1S/2C13H27N.2C12H25N/c1-10(2)11-8-12(3,4)14(7)13(5,6)9-11;1-7-13(6)9-11(10(2)3)8-12(4,5)14-13;2*1-9(2)10-7-11(3,4)13-12(5,6)8-10/h10-11H,8-9H2,1-7H3;10-11,14H,7-9H2,1-6H3;2*9-10,13H,7-8H2,1-6H3. The van der Waals surface area contributed by atoms with Crippen molar-refractivity contribution in [2.75, 3.05) is 7.05 Å². The lowest BCUT2D eigenvalue weighted by molar-refractivity contribution is -0.0404. The Morgan fingerprint density at radius 3 is 0.852 bits per heavy atom. The van der Waals surface area contributed by atoms with Crippen LogP contribution < -0.4 is 16.0 Å². The van der Waals surface area contributed by atoms with Crippen molar-refractivity contribution in [1.29, 1.82) is 0 Å². The van der Waals surface area contributed by atoms with Crippen molar-refractivity contribution in [3.63, 3.8) is 0 Å². The summed E-state index contributed by atoms with van der Waals surface area (Å²) in [5, 5.41) is 11.2. The summed E-state index contributed by atoms with van der Waals surface area (Å²) in [7, 11) is 2.27. The minimum Gasteiger partial charge on any atom is -0.307 e. The fourth-order valence-electron chi connectivity index (χ4n) is 11.6. The Bertz CT molecular complexity index is 999. The fourth-order valence-corrected chi connectivity index (χ4v) is 11.6. The van der Waals surface area contributed by atoms with Crippen LogP contribution in [0.25, 0.3) is 0 Å². The van der Waals surface area contributed by atoms with Crippen molar-refractivity contribution < 1.29 is 0 Å². The summed E-state index contributed by atoms with van der Waals surface area (Å²) in [5.74, 6) is 6.82. The summed E-state index contributed by atoms with van der Waals surface area (Å²) in [6.45, 7) is 56.3. The summed E-state index contributed by atoms with van der Waals surface area (Å²) < 4.78 is 0. The van der Waals surface area contributed by atoms with Gasteiger partial charge in [0.15, 0.2) is 0 Å². The third-order valence-corrected chi connectivity index (χ3v) is 14.5. The van der Waals surface area contributed by atoms with Gasteiger partial charge in [-0.05, 0) is 216 Å². The molecule has 2 unspecified atom stereocenters. The summed E-state index contributed by atoms with van der Waals surface area (Å²) in [5.41, 5.74) is 2.66. The van der Waals surface area contributed by atoms with Crippen molar-refractivity contribution in [2.45, 2.75) is 268 Å². The average Bonchev–Trinajstić information content (AvgIpc) is 2.92. The maximum atomic E-state index is 3.80. The Labute approximate surface area is 342 Å². The lowest BCUT2D eigenvalue weighted by atomic mass is 9.70. The monoisotopic (exact) mass is 761 g/mol. The minimum absolute atomic E-state index is 0.316. The molecule has 4 heteroatoms. The molecule has 0 amide bonds. The Kier molecular flexibility index (Phi) is 18.1. The number of hydrogen-bond donors (Lipinski definition) is 3. The van der Waals surface area contributed by atoms with Crippen LogP contribution in [0.3, 0.4) is 0 Å². The maximum Gasteiger partial charge on any atom is 0.0158 e. The van der Waals surface area contributed by atoms with Gasteiger partial charge in [0.25, 0.3) is 0 Å². The number of hydrogen-bond acceptors (Lipinski definition) is 4. The molecule has 4 aliphatic rings. The van der Waals surface area contributed by atoms with E-state index in [0.717, 1.165) is 47.3 Å². The third kappa shape index (κ3) is 17.0. The Balaban J connectivity index is 0.000000360. The van der Waals surface area contributed by atoms with Crippen LogP contribution in [0.2, 0.25) is 0 Å². The second-order valence-electron chi connectivity index (χ2n) is 25.5. The van der Waals surface area contributed by atoms with Crippen LogP contribution in [0.4, 0.5) is 0 Å². The second kappa shape index (κ2) is 18.8. The molecule has 3 N–H and O–H groups in total. The zero-order valence-electron chi connectivity index (χ0n) is 41.9. The molecule has 4 aliphatic heterocycles. The van der Waals surface area contributed by atoms with E-state index in [2.05, 4.69) is 194 Å². The summed E-state index contributed by atoms with van der Waals surface area (Å²) in [6, 6.07) is 0. The van der Waals surface area contributed by atoms with E-state index in [4.69, 9.17) is 0 Å². The molecule has 0 bridgehead atoms. The zero-order chi connectivity index (χ0) is 42.7. The van der Waals surface area contributed by atoms with Crippen LogP contribution in [0.5, 0.6) is 0 Å². The van der Waals surface area contributed by atoms with Gasteiger partial charge in [0, 0.05) is 44.3 Å². The van der Waals surface area contributed by atoms with E-state index >= 15 is 0 Å². The van der Waals surface area contributed by atoms with E-state index < -0.39 is 0 Å². The van der Waals surface area contributed by atoms with E-state index in [9.17, 15) is 0 Å². The first-order chi connectivity index (χ1) is 23.9. The smallest absolute Gasteiger partial charge is 0.0158 e. The molecule has 0 aromatic heterocycles. The molecule has 2 atom stereocenters. The first-order valence-electron chi connectivity index (χ1n) is 23.0. The predicted molar refractivity (Wildman–Crippen MR) is 245 cm³/mol. The molecule has 0 spiro atoms. The number of rotatable bonds is 5. The SMILES string of the molecule is CC(C)C1CC(C)(C)N(C)C(C)(C)C1.CC(C)C1CC(C)(C)NC(C)(C)C1.CC(C)C1CC(C)(C)NC(C)(C)C1.CCC1(C)CC(C(C)C)CC(C)(C)N1. The number of likely N-dealkylation sites (tertiary alicyclic amines) is 1. The van der Waals surface area contributed by atoms with E-state index in [0.29, 0.717) is 44.3 Å². The van der Waals surface area contributed by atoms with E-state index in [1.807, 2.05) is 0 Å². The Hall–Kier alpha value is -0.160. The highest BCUT2D eigenvalue weighted by Crippen LogP contribution is 2.43. The van der Waals surface area contributed by atoms with Crippen molar-refractivity contribution in [2.24, 2.45) is 47.3 Å². The minimum atomic E-state index is 0.316. The molecule has 0 saturated carbocycles. The van der Waals surface area contributed by atoms with Gasteiger partial charge in [-0.1, -0.05) is 62.3 Å². The molecule has 4 saturated heterocycles. The topological polar surface area (TPSA) is 39.3 Å². The molecule has 0 aromatic rings. The van der Waals surface area contributed by atoms with Gasteiger partial charge in [0.1, 0.15) is 0 Å². The number of nitrogens with one attached hydrogen (secondary N) is 3. The first-order valence-corrected chi connectivity index (χ1v) is 23.0. The highest BCUT2D eigenvalue weighted by atomic mass is 15.2. The molecule has 4 nitrogen and oxygen atoms in total. The van der Waals surface area contributed by atoms with Crippen LogP contribution in [-0.2, 0) is 0 Å². The van der Waals surface area contributed by atoms with E-state index in [1.54, 1.807) is 0 Å². The summed E-state index contributed by atoms with van der Waals surface area (Å²) in [6.07, 6.45) is 11.8. The Morgan fingerprint density at radius 2 is 0.611 bits per heavy atom. The third-order valence-electron chi connectivity index (χ3n) is 14.5. The van der Waals surface area contributed by atoms with Gasteiger partial charge in [-0.25, -0.2) is 0 Å². The van der Waals surface area contributed by atoms with Crippen LogP contribution >= 0.6 is 0 Å². The second-order valence-corrected chi connectivity index (χ2v) is 25.5. The molecule has 4 fully saturated rings. The molecule has 4 rings (SSSR count). The van der Waals surface area contributed by atoms with Gasteiger partial charge < -0.3 is 16.0 Å². The van der Waals surface area contributed by atoms with Crippen LogP contribution in [0.1, 0.15) is 224 Å². The molecule has 324 valence electrons. The van der Waals surface area contributed by atoms with Gasteiger partial charge in [-0.2, -0.15) is 0 Å². The normalized spacial score (nSPS) is 30.5. The number of nitrogens with zero attached hydrogens (tertiary/aromatic N) is 1. The van der Waals surface area contributed by atoms with Crippen LogP contribution in [0.15, 0.2) is 0 Å². The summed E-state index contributed by atoms with van der Waals surface area (Å²) >= 11 is 0. The largest absolute Gasteiger partial charge is 0.307 e. The molecular weight excluding hydrogens is 657 g/mol. The first kappa shape index (κ1) is 51.9. The van der Waals surface area contributed by atoms with Crippen molar-refractivity contribution in [3.05, 3.63) is 0 Å². The molecule has 54 heavy (non-hydrogen) atoms. The zero-order valence-corrected chi connectivity index (χ0v) is 41.9. The van der Waals surface area contributed by atoms with Crippen molar-refractivity contribution in [1.82, 2.24) is 20.9 Å². The highest BCUT2D eigenvalue weighted by Gasteiger charge is 2.44. The molecular formula is C50H104N4. The molecule has 0 aromatic carbocycles. The lowest BCUT2D eigenvalue weighted by Crippen LogP contribution is -2.59. The lowest BCUT2D eigenvalue weighted by Gasteiger charge is -2.54. The maximum absolute atomic E-state index is 3.80. The van der Waals surface area contributed by atoms with Crippen LogP contribution in [-0.4, -0.2) is 56.3 Å². The van der Waals surface area contributed by atoms with Gasteiger partial charge in [-0.3, -0.25) is 4.90 Å². The van der Waals surface area contributed by atoms with Gasteiger partial charge in [0.05, 0.1) is 0 Å². The quantitative estimate of drug-likeness (QED) is 0.261. The molecule has 4 heterocycles. The highest BCUT2D eigenvalue weighted by molar-refractivity contribution is 5.01. The molecule has 0 radical (unpaired) electrons. The van der Waals surface area contributed by atoms with Crippen molar-refractivity contribution >= 4 is 0 Å². The molecule has 0 aliphatic carbocycles. The van der Waals surface area contributed by atoms with Crippen LogP contribution in [0, 0.1) is 47.3 Å². The van der Waals surface area contributed by atoms with Gasteiger partial charge in [0.2, 0.25) is 0 Å². The number of piperidine rings is 4. The predicted octanol–water partition coefficient (Wildman–Crippen LogP) is 13.5.